The molecule has 1 aromatic carbocycles. The minimum absolute atomic E-state index is 0.544. The van der Waals surface area contributed by atoms with Gasteiger partial charge in [0, 0.05) is 4.88 Å². The van der Waals surface area contributed by atoms with E-state index in [1.54, 1.807) is 17.6 Å². The second-order valence-electron chi connectivity index (χ2n) is 3.79. The molecule has 1 heterocycles. The standard InChI is InChI=1S/C14H16N2O2S/c1-2-17-14-8-11(9-16-15)5-6-13(14)18-10-12-4-3-7-19-12/h3-9H,2,10,15H2,1H3/b16-9-. The van der Waals surface area contributed by atoms with Crippen LogP contribution in [0.4, 0.5) is 0 Å². The molecule has 0 amide bonds. The SMILES string of the molecule is CCOc1cc(/C=N\N)ccc1OCc1cccs1. The van der Waals surface area contributed by atoms with Crippen LogP contribution in [0.15, 0.2) is 40.8 Å². The van der Waals surface area contributed by atoms with Crippen LogP contribution in [0.2, 0.25) is 0 Å². The van der Waals surface area contributed by atoms with Gasteiger partial charge in [-0.25, -0.2) is 0 Å². The van der Waals surface area contributed by atoms with Gasteiger partial charge in [0.15, 0.2) is 11.5 Å². The maximum atomic E-state index is 5.78. The molecule has 19 heavy (non-hydrogen) atoms. The summed E-state index contributed by atoms with van der Waals surface area (Å²) in [6, 6.07) is 9.68. The fourth-order valence-corrected chi connectivity index (χ4v) is 2.24. The molecular weight excluding hydrogens is 260 g/mol. The molecule has 0 aliphatic heterocycles. The van der Waals surface area contributed by atoms with Gasteiger partial charge in [0.05, 0.1) is 12.8 Å². The van der Waals surface area contributed by atoms with E-state index in [9.17, 15) is 0 Å². The smallest absolute Gasteiger partial charge is 0.161 e. The largest absolute Gasteiger partial charge is 0.490 e. The van der Waals surface area contributed by atoms with Crippen LogP contribution in [0.5, 0.6) is 11.5 Å². The van der Waals surface area contributed by atoms with E-state index in [1.807, 2.05) is 42.6 Å². The predicted molar refractivity (Wildman–Crippen MR) is 78.0 cm³/mol. The van der Waals surface area contributed by atoms with Gasteiger partial charge in [-0.05, 0) is 42.1 Å². The molecule has 0 saturated heterocycles. The summed E-state index contributed by atoms with van der Waals surface area (Å²) in [6.45, 7) is 3.06. The number of thiophene rings is 1. The van der Waals surface area contributed by atoms with Crippen LogP contribution in [0.3, 0.4) is 0 Å². The van der Waals surface area contributed by atoms with Crippen LogP contribution >= 0.6 is 11.3 Å². The Morgan fingerprint density at radius 1 is 1.26 bits per heavy atom. The molecular formula is C14H16N2O2S. The summed E-state index contributed by atoms with van der Waals surface area (Å²) in [5.41, 5.74) is 0.884. The Labute approximate surface area is 116 Å². The minimum Gasteiger partial charge on any atom is -0.490 e. The van der Waals surface area contributed by atoms with Gasteiger partial charge in [-0.3, -0.25) is 0 Å². The lowest BCUT2D eigenvalue weighted by Gasteiger charge is -2.11. The number of benzene rings is 1. The van der Waals surface area contributed by atoms with Crippen LogP contribution in [-0.2, 0) is 6.61 Å². The fraction of sp³-hybridized carbons (Fsp3) is 0.214. The van der Waals surface area contributed by atoms with E-state index in [-0.39, 0.29) is 0 Å². The van der Waals surface area contributed by atoms with E-state index in [0.717, 1.165) is 11.3 Å². The highest BCUT2D eigenvalue weighted by Crippen LogP contribution is 2.29. The molecule has 2 rings (SSSR count). The zero-order valence-electron chi connectivity index (χ0n) is 10.7. The van der Waals surface area contributed by atoms with Crippen molar-refractivity contribution in [2.24, 2.45) is 10.9 Å². The molecule has 0 atom stereocenters. The maximum absolute atomic E-state index is 5.78. The van der Waals surface area contributed by atoms with Crippen molar-refractivity contribution in [3.8, 4) is 11.5 Å². The minimum atomic E-state index is 0.544. The van der Waals surface area contributed by atoms with E-state index in [4.69, 9.17) is 15.3 Å². The number of ether oxygens (including phenoxy) is 2. The second kappa shape index (κ2) is 6.80. The molecule has 4 nitrogen and oxygen atoms in total. The third-order valence-corrected chi connectivity index (χ3v) is 3.29. The van der Waals surface area contributed by atoms with Crippen molar-refractivity contribution in [3.63, 3.8) is 0 Å². The summed E-state index contributed by atoms with van der Waals surface area (Å²) >= 11 is 1.67. The van der Waals surface area contributed by atoms with Crippen LogP contribution in [0.1, 0.15) is 17.4 Å². The summed E-state index contributed by atoms with van der Waals surface area (Å²) in [7, 11) is 0. The van der Waals surface area contributed by atoms with E-state index >= 15 is 0 Å². The number of nitrogens with two attached hydrogens (primary N) is 1. The Bertz CT molecular complexity index is 538. The third-order valence-electron chi connectivity index (χ3n) is 2.44. The highest BCUT2D eigenvalue weighted by Gasteiger charge is 2.06. The Morgan fingerprint density at radius 3 is 2.84 bits per heavy atom. The summed E-state index contributed by atoms with van der Waals surface area (Å²) < 4.78 is 11.3. The topological polar surface area (TPSA) is 56.8 Å². The molecule has 0 bridgehead atoms. The van der Waals surface area contributed by atoms with Gasteiger partial charge in [-0.2, -0.15) is 5.10 Å². The first kappa shape index (κ1) is 13.4. The molecule has 5 heteroatoms. The van der Waals surface area contributed by atoms with Gasteiger partial charge in [-0.15, -0.1) is 11.3 Å². The van der Waals surface area contributed by atoms with Gasteiger partial charge in [0.2, 0.25) is 0 Å². The first-order chi connectivity index (χ1) is 9.33. The van der Waals surface area contributed by atoms with E-state index < -0.39 is 0 Å². The number of rotatable bonds is 6. The van der Waals surface area contributed by atoms with Crippen LogP contribution in [0, 0.1) is 0 Å². The van der Waals surface area contributed by atoms with Gasteiger partial charge < -0.3 is 15.3 Å². The molecule has 0 aliphatic carbocycles. The van der Waals surface area contributed by atoms with Crippen LogP contribution in [-0.4, -0.2) is 12.8 Å². The first-order valence-electron chi connectivity index (χ1n) is 5.98. The number of hydrogen-bond acceptors (Lipinski definition) is 5. The Hall–Kier alpha value is -2.01. The Balaban J connectivity index is 2.13. The number of hydrogen-bond donors (Lipinski definition) is 1. The number of hydrazone groups is 1. The Kier molecular flexibility index (Phi) is 4.80. The quantitative estimate of drug-likeness (QED) is 0.501. The molecule has 0 fully saturated rings. The van der Waals surface area contributed by atoms with Gasteiger partial charge in [0.25, 0.3) is 0 Å². The highest BCUT2D eigenvalue weighted by atomic mass is 32.1. The van der Waals surface area contributed by atoms with Crippen molar-refractivity contribution < 1.29 is 9.47 Å². The average Bonchev–Trinajstić information content (AvgIpc) is 2.92. The molecule has 0 aliphatic rings. The predicted octanol–water partition coefficient (Wildman–Crippen LogP) is 3.02. The van der Waals surface area contributed by atoms with E-state index in [1.165, 1.54) is 4.88 Å². The fourth-order valence-electron chi connectivity index (χ4n) is 1.62. The zero-order chi connectivity index (χ0) is 13.5. The van der Waals surface area contributed by atoms with Crippen molar-refractivity contribution >= 4 is 17.6 Å². The lowest BCUT2D eigenvalue weighted by molar-refractivity contribution is 0.271. The average molecular weight is 276 g/mol. The van der Waals surface area contributed by atoms with Crippen molar-refractivity contribution in [1.82, 2.24) is 0 Å². The summed E-state index contributed by atoms with van der Waals surface area (Å²) in [5, 5.41) is 5.53. The third kappa shape index (κ3) is 3.72. The van der Waals surface area contributed by atoms with Crippen molar-refractivity contribution in [2.75, 3.05) is 6.61 Å². The normalized spacial score (nSPS) is 10.8. The molecule has 0 radical (unpaired) electrons. The molecule has 0 unspecified atom stereocenters. The highest BCUT2D eigenvalue weighted by molar-refractivity contribution is 7.09. The van der Waals surface area contributed by atoms with E-state index in [0.29, 0.717) is 19.0 Å². The van der Waals surface area contributed by atoms with Crippen molar-refractivity contribution in [3.05, 3.63) is 46.2 Å². The maximum Gasteiger partial charge on any atom is 0.161 e. The summed E-state index contributed by atoms with van der Waals surface area (Å²) in [5.74, 6) is 6.58. The van der Waals surface area contributed by atoms with Crippen molar-refractivity contribution in [1.29, 1.82) is 0 Å². The van der Waals surface area contributed by atoms with Crippen LogP contribution < -0.4 is 15.3 Å². The molecule has 0 saturated carbocycles. The van der Waals surface area contributed by atoms with Gasteiger partial charge in [-0.1, -0.05) is 6.07 Å². The summed E-state index contributed by atoms with van der Waals surface area (Å²) in [4.78, 5) is 1.18. The monoisotopic (exact) mass is 276 g/mol. The second-order valence-corrected chi connectivity index (χ2v) is 4.82. The lowest BCUT2D eigenvalue weighted by Crippen LogP contribution is -1.99. The van der Waals surface area contributed by atoms with Crippen LogP contribution in [0.25, 0.3) is 0 Å². The zero-order valence-corrected chi connectivity index (χ0v) is 11.5. The molecule has 2 aromatic rings. The summed E-state index contributed by atoms with van der Waals surface area (Å²) in [6.07, 6.45) is 1.57. The van der Waals surface area contributed by atoms with Gasteiger partial charge >= 0.3 is 0 Å². The molecule has 2 N–H and O–H groups in total. The number of nitrogens with zero attached hydrogens (tertiary/aromatic N) is 1. The molecule has 0 spiro atoms. The Morgan fingerprint density at radius 2 is 2.16 bits per heavy atom. The molecule has 100 valence electrons. The van der Waals surface area contributed by atoms with E-state index in [2.05, 4.69) is 5.10 Å². The van der Waals surface area contributed by atoms with Crippen molar-refractivity contribution in [2.45, 2.75) is 13.5 Å². The lowest BCUT2D eigenvalue weighted by atomic mass is 10.2. The molecule has 1 aromatic heterocycles. The first-order valence-corrected chi connectivity index (χ1v) is 6.86. The van der Waals surface area contributed by atoms with Gasteiger partial charge in [0.1, 0.15) is 6.61 Å².